The Morgan fingerprint density at radius 1 is 1.17 bits per heavy atom. The summed E-state index contributed by atoms with van der Waals surface area (Å²) in [6.45, 7) is 7.12. The second-order valence-corrected chi connectivity index (χ2v) is 8.07. The largest absolute Gasteiger partial charge is 0.353 e. The Balaban J connectivity index is 1.60. The molecule has 3 aromatic heterocycles. The van der Waals surface area contributed by atoms with Crippen molar-refractivity contribution in [3.63, 3.8) is 0 Å². The van der Waals surface area contributed by atoms with Crippen LogP contribution in [0.5, 0.6) is 0 Å². The fourth-order valence-electron chi connectivity index (χ4n) is 3.94. The van der Waals surface area contributed by atoms with Gasteiger partial charge in [0.15, 0.2) is 11.5 Å². The number of aromatic amines is 1. The van der Waals surface area contributed by atoms with Crippen molar-refractivity contribution in [2.75, 3.05) is 31.1 Å². The van der Waals surface area contributed by atoms with Gasteiger partial charge in [0.25, 0.3) is 0 Å². The van der Waals surface area contributed by atoms with E-state index in [1.165, 1.54) is 0 Å². The van der Waals surface area contributed by atoms with E-state index >= 15 is 0 Å². The summed E-state index contributed by atoms with van der Waals surface area (Å²) in [6.07, 6.45) is 6.42. The Morgan fingerprint density at radius 2 is 2.07 bits per heavy atom. The Labute approximate surface area is 170 Å². The highest BCUT2D eigenvalue weighted by Gasteiger charge is 2.28. The Morgan fingerprint density at radius 3 is 2.86 bits per heavy atom. The highest BCUT2D eigenvalue weighted by Crippen LogP contribution is 2.24. The number of carbonyl (C=O) groups is 1. The third-order valence-electron chi connectivity index (χ3n) is 5.26. The third kappa shape index (κ3) is 4.52. The lowest BCUT2D eigenvalue weighted by Gasteiger charge is -2.25. The van der Waals surface area contributed by atoms with Crippen LogP contribution in [0.3, 0.4) is 0 Å². The standard InChI is InChI=1S/C21H27N7O/c1-15(2)9-18(29)27-7-8-28(21-19-20(24-13-23-19)25-14-26-21)12-16(11-27)10-17-5-3-4-6-22-17/h3-6,13-16H,7-12H2,1-2H3,(H,23,24,25,26). The maximum absolute atomic E-state index is 12.8. The number of anilines is 1. The van der Waals surface area contributed by atoms with Gasteiger partial charge in [-0.2, -0.15) is 0 Å². The van der Waals surface area contributed by atoms with Gasteiger partial charge in [0, 0.05) is 44.5 Å². The first-order valence-corrected chi connectivity index (χ1v) is 10.2. The number of fused-ring (bicyclic) bond motifs is 1. The van der Waals surface area contributed by atoms with Gasteiger partial charge in [-0.3, -0.25) is 9.78 Å². The zero-order valence-corrected chi connectivity index (χ0v) is 17.0. The van der Waals surface area contributed by atoms with Crippen LogP contribution in [0, 0.1) is 11.8 Å². The lowest BCUT2D eigenvalue weighted by molar-refractivity contribution is -0.132. The lowest BCUT2D eigenvalue weighted by atomic mass is 10.0. The molecule has 0 bridgehead atoms. The minimum atomic E-state index is 0.224. The molecule has 0 radical (unpaired) electrons. The molecule has 1 N–H and O–H groups in total. The van der Waals surface area contributed by atoms with Crippen LogP contribution in [-0.2, 0) is 11.2 Å². The van der Waals surface area contributed by atoms with Crippen molar-refractivity contribution in [2.24, 2.45) is 11.8 Å². The van der Waals surface area contributed by atoms with E-state index in [-0.39, 0.29) is 11.8 Å². The van der Waals surface area contributed by atoms with E-state index in [1.807, 2.05) is 29.3 Å². The molecule has 4 heterocycles. The normalized spacial score (nSPS) is 17.7. The zero-order valence-electron chi connectivity index (χ0n) is 17.0. The molecule has 4 rings (SSSR count). The maximum atomic E-state index is 12.8. The number of H-pyrrole nitrogens is 1. The van der Waals surface area contributed by atoms with E-state index in [1.54, 1.807) is 12.7 Å². The second-order valence-electron chi connectivity index (χ2n) is 8.07. The van der Waals surface area contributed by atoms with Gasteiger partial charge in [0.05, 0.1) is 6.33 Å². The molecular formula is C21H27N7O. The maximum Gasteiger partial charge on any atom is 0.222 e. The van der Waals surface area contributed by atoms with Crippen LogP contribution in [0.1, 0.15) is 26.0 Å². The van der Waals surface area contributed by atoms with Gasteiger partial charge in [-0.15, -0.1) is 0 Å². The van der Waals surface area contributed by atoms with E-state index in [4.69, 9.17) is 0 Å². The number of nitrogens with one attached hydrogen (secondary N) is 1. The first-order valence-electron chi connectivity index (χ1n) is 10.2. The number of carbonyl (C=O) groups excluding carboxylic acids is 1. The summed E-state index contributed by atoms with van der Waals surface area (Å²) in [5, 5.41) is 0. The molecule has 0 saturated carbocycles. The predicted molar refractivity (Wildman–Crippen MR) is 111 cm³/mol. The SMILES string of the molecule is CC(C)CC(=O)N1CCN(c2ncnc3nc[nH]c23)CC(Cc2ccccn2)C1. The topological polar surface area (TPSA) is 90.9 Å². The second kappa shape index (κ2) is 8.55. The molecule has 1 amide bonds. The molecule has 1 saturated heterocycles. The van der Waals surface area contributed by atoms with Crippen LogP contribution in [-0.4, -0.2) is 61.9 Å². The molecule has 1 aliphatic rings. The van der Waals surface area contributed by atoms with Gasteiger partial charge in [0.2, 0.25) is 5.91 Å². The predicted octanol–water partition coefficient (Wildman–Crippen LogP) is 2.30. The van der Waals surface area contributed by atoms with Crippen LogP contribution in [0.4, 0.5) is 5.82 Å². The molecule has 29 heavy (non-hydrogen) atoms. The smallest absolute Gasteiger partial charge is 0.222 e. The fourth-order valence-corrected chi connectivity index (χ4v) is 3.94. The van der Waals surface area contributed by atoms with Crippen molar-refractivity contribution < 1.29 is 4.79 Å². The molecule has 3 aromatic rings. The quantitative estimate of drug-likeness (QED) is 0.715. The fraction of sp³-hybridized carbons (Fsp3) is 0.476. The zero-order chi connectivity index (χ0) is 20.2. The average Bonchev–Trinajstić information content (AvgIpc) is 3.09. The van der Waals surface area contributed by atoms with E-state index in [0.717, 1.165) is 43.1 Å². The summed E-state index contributed by atoms with van der Waals surface area (Å²) in [7, 11) is 0. The summed E-state index contributed by atoms with van der Waals surface area (Å²) in [5.74, 6) is 1.68. The number of pyridine rings is 1. The highest BCUT2D eigenvalue weighted by atomic mass is 16.2. The first-order chi connectivity index (χ1) is 14.1. The number of rotatable bonds is 5. The average molecular weight is 393 g/mol. The third-order valence-corrected chi connectivity index (χ3v) is 5.26. The summed E-state index contributed by atoms with van der Waals surface area (Å²) < 4.78 is 0. The van der Waals surface area contributed by atoms with E-state index in [9.17, 15) is 4.79 Å². The molecule has 0 spiro atoms. The minimum absolute atomic E-state index is 0.224. The van der Waals surface area contributed by atoms with Crippen LogP contribution >= 0.6 is 0 Å². The van der Waals surface area contributed by atoms with Gasteiger partial charge in [-0.05, 0) is 30.4 Å². The van der Waals surface area contributed by atoms with Crippen molar-refractivity contribution in [3.8, 4) is 0 Å². The number of hydrogen-bond acceptors (Lipinski definition) is 6. The molecule has 1 fully saturated rings. The molecule has 8 heteroatoms. The monoisotopic (exact) mass is 393 g/mol. The van der Waals surface area contributed by atoms with Crippen molar-refractivity contribution >= 4 is 22.9 Å². The number of nitrogens with zero attached hydrogens (tertiary/aromatic N) is 6. The molecule has 1 aliphatic heterocycles. The Bertz CT molecular complexity index is 956. The molecule has 1 atom stereocenters. The van der Waals surface area contributed by atoms with E-state index < -0.39 is 0 Å². The van der Waals surface area contributed by atoms with Crippen molar-refractivity contribution in [1.29, 1.82) is 0 Å². The van der Waals surface area contributed by atoms with E-state index in [2.05, 4.69) is 43.7 Å². The van der Waals surface area contributed by atoms with E-state index in [0.29, 0.717) is 24.5 Å². The van der Waals surface area contributed by atoms with Gasteiger partial charge in [0.1, 0.15) is 11.8 Å². The molecule has 0 aliphatic carbocycles. The van der Waals surface area contributed by atoms with Gasteiger partial charge in [-0.25, -0.2) is 15.0 Å². The van der Waals surface area contributed by atoms with Gasteiger partial charge < -0.3 is 14.8 Å². The highest BCUT2D eigenvalue weighted by molar-refractivity contribution is 5.83. The summed E-state index contributed by atoms with van der Waals surface area (Å²) in [5.41, 5.74) is 2.55. The van der Waals surface area contributed by atoms with Crippen molar-refractivity contribution in [3.05, 3.63) is 42.7 Å². The molecule has 0 aromatic carbocycles. The van der Waals surface area contributed by atoms with Crippen LogP contribution < -0.4 is 4.90 Å². The number of imidazole rings is 1. The van der Waals surface area contributed by atoms with Gasteiger partial charge in [-0.1, -0.05) is 19.9 Å². The number of aromatic nitrogens is 5. The summed E-state index contributed by atoms with van der Waals surface area (Å²) in [6, 6.07) is 5.99. The van der Waals surface area contributed by atoms with Crippen molar-refractivity contribution in [2.45, 2.75) is 26.7 Å². The summed E-state index contributed by atoms with van der Waals surface area (Å²) in [4.78, 5) is 37.8. The lowest BCUT2D eigenvalue weighted by Crippen LogP contribution is -2.37. The summed E-state index contributed by atoms with van der Waals surface area (Å²) >= 11 is 0. The molecular weight excluding hydrogens is 366 g/mol. The van der Waals surface area contributed by atoms with Crippen LogP contribution in [0.2, 0.25) is 0 Å². The van der Waals surface area contributed by atoms with Crippen LogP contribution in [0.25, 0.3) is 11.2 Å². The number of amides is 1. The Hall–Kier alpha value is -3.03. The number of hydrogen-bond donors (Lipinski definition) is 1. The minimum Gasteiger partial charge on any atom is -0.353 e. The Kier molecular flexibility index (Phi) is 5.69. The molecule has 152 valence electrons. The molecule has 1 unspecified atom stereocenters. The first kappa shape index (κ1) is 19.3. The van der Waals surface area contributed by atoms with Crippen LogP contribution in [0.15, 0.2) is 37.1 Å². The van der Waals surface area contributed by atoms with Crippen molar-refractivity contribution in [1.82, 2.24) is 29.8 Å². The van der Waals surface area contributed by atoms with Gasteiger partial charge >= 0.3 is 0 Å². The molecule has 8 nitrogen and oxygen atoms in total.